The first-order valence-electron chi connectivity index (χ1n) is 14.1. The Kier molecular flexibility index (Phi) is 8.78. The lowest BCUT2D eigenvalue weighted by atomic mass is 9.96. The Labute approximate surface area is 254 Å². The van der Waals surface area contributed by atoms with Crippen molar-refractivity contribution < 1.29 is 19.4 Å². The molecule has 6 rings (SSSR count). The van der Waals surface area contributed by atoms with Gasteiger partial charge in [-0.1, -0.05) is 54.6 Å². The minimum Gasteiger partial charge on any atom is -0.496 e. The van der Waals surface area contributed by atoms with Gasteiger partial charge in [0.25, 0.3) is 5.91 Å². The number of carbonyl (C=O) groups is 1. The number of hydrogen-bond acceptors (Lipinski definition) is 8. The molecule has 220 valence electrons. The highest BCUT2D eigenvalue weighted by atomic mass is 32.1. The summed E-state index contributed by atoms with van der Waals surface area (Å²) in [5.41, 5.74) is 7.34. The first-order chi connectivity index (χ1) is 21.1. The number of benzene rings is 3. The topological polar surface area (TPSA) is 111 Å². The van der Waals surface area contributed by atoms with E-state index in [9.17, 15) is 9.90 Å². The van der Waals surface area contributed by atoms with Crippen molar-refractivity contribution in [3.8, 4) is 21.9 Å². The van der Waals surface area contributed by atoms with Crippen LogP contribution < -0.4 is 20.1 Å². The van der Waals surface area contributed by atoms with Crippen molar-refractivity contribution >= 4 is 17.2 Å². The van der Waals surface area contributed by atoms with Crippen LogP contribution in [0.5, 0.6) is 11.5 Å². The highest BCUT2D eigenvalue weighted by Crippen LogP contribution is 2.36. The van der Waals surface area contributed by atoms with E-state index >= 15 is 0 Å². The van der Waals surface area contributed by atoms with Gasteiger partial charge in [0, 0.05) is 49.1 Å². The van der Waals surface area contributed by atoms with Crippen LogP contribution >= 0.6 is 11.3 Å². The summed E-state index contributed by atoms with van der Waals surface area (Å²) in [5.74, 6) is 0.849. The first-order valence-corrected chi connectivity index (χ1v) is 15.0. The molecule has 1 aliphatic heterocycles. The third-order valence-corrected chi connectivity index (χ3v) is 8.49. The third kappa shape index (κ3) is 6.31. The van der Waals surface area contributed by atoms with Gasteiger partial charge in [0.05, 0.1) is 54.3 Å². The normalized spacial score (nSPS) is 14.9. The quantitative estimate of drug-likeness (QED) is 0.194. The molecule has 3 N–H and O–H groups in total. The van der Waals surface area contributed by atoms with Crippen molar-refractivity contribution in [2.75, 3.05) is 20.3 Å². The summed E-state index contributed by atoms with van der Waals surface area (Å²) in [6, 6.07) is 20.9. The molecular formula is C33H33N5O4S. The van der Waals surface area contributed by atoms with E-state index in [2.05, 4.69) is 49.4 Å². The number of aromatic nitrogens is 3. The number of carbonyl (C=O) groups excluding carboxylic acids is 1. The predicted molar refractivity (Wildman–Crippen MR) is 165 cm³/mol. The molecule has 0 radical (unpaired) electrons. The molecule has 0 aliphatic carbocycles. The first kappa shape index (κ1) is 28.6. The second-order valence-corrected chi connectivity index (χ2v) is 11.2. The number of fused-ring (bicyclic) bond motifs is 1. The Morgan fingerprint density at radius 1 is 1.12 bits per heavy atom. The maximum absolute atomic E-state index is 13.4. The fourth-order valence-electron chi connectivity index (χ4n) is 5.42. The molecular weight excluding hydrogens is 562 g/mol. The summed E-state index contributed by atoms with van der Waals surface area (Å²) in [4.78, 5) is 23.2. The van der Waals surface area contributed by atoms with Gasteiger partial charge in [0.15, 0.2) is 0 Å². The fraction of sp³-hybridized carbons (Fsp3) is 0.242. The van der Waals surface area contributed by atoms with E-state index < -0.39 is 6.04 Å². The van der Waals surface area contributed by atoms with E-state index in [0.29, 0.717) is 42.3 Å². The summed E-state index contributed by atoms with van der Waals surface area (Å²) < 4.78 is 13.6. The Bertz CT molecular complexity index is 1670. The van der Waals surface area contributed by atoms with Crippen LogP contribution in [0.4, 0.5) is 0 Å². The molecule has 2 aromatic heterocycles. The molecule has 0 fully saturated rings. The van der Waals surface area contributed by atoms with Crippen molar-refractivity contribution in [3.63, 3.8) is 0 Å². The van der Waals surface area contributed by atoms with Gasteiger partial charge in [-0.3, -0.25) is 9.78 Å². The van der Waals surface area contributed by atoms with Gasteiger partial charge in [0.2, 0.25) is 0 Å². The number of imidazole rings is 1. The van der Waals surface area contributed by atoms with Gasteiger partial charge < -0.3 is 29.8 Å². The minimum absolute atomic E-state index is 0.00129. The summed E-state index contributed by atoms with van der Waals surface area (Å²) in [7, 11) is 1.57. The number of para-hydroxylation sites is 2. The summed E-state index contributed by atoms with van der Waals surface area (Å²) in [6.45, 7) is 1.54. The number of nitrogens with one attached hydrogen (secondary N) is 2. The summed E-state index contributed by atoms with van der Waals surface area (Å²) >= 11 is 1.63. The molecule has 2 atom stereocenters. The third-order valence-electron chi connectivity index (χ3n) is 7.67. The van der Waals surface area contributed by atoms with E-state index in [4.69, 9.17) is 9.47 Å². The highest BCUT2D eigenvalue weighted by Gasteiger charge is 2.27. The van der Waals surface area contributed by atoms with E-state index in [0.717, 1.165) is 28.1 Å². The van der Waals surface area contributed by atoms with Crippen molar-refractivity contribution in [1.29, 1.82) is 0 Å². The van der Waals surface area contributed by atoms with Crippen LogP contribution in [0, 0.1) is 0 Å². The average Bonchev–Trinajstić information content (AvgIpc) is 3.75. The molecule has 43 heavy (non-hydrogen) atoms. The molecule has 1 amide bonds. The van der Waals surface area contributed by atoms with E-state index in [1.807, 2.05) is 54.6 Å². The lowest BCUT2D eigenvalue weighted by Crippen LogP contribution is -2.33. The van der Waals surface area contributed by atoms with Gasteiger partial charge >= 0.3 is 0 Å². The SMILES string of the molecule is COc1ccccc1[C@@H](CO)NC(=O)c1cccc2c1OCCC2NCc1cncn1Cc1ccc(-c2cncs2)cc1. The van der Waals surface area contributed by atoms with Gasteiger partial charge in [-0.05, 0) is 23.3 Å². The Morgan fingerprint density at radius 3 is 2.77 bits per heavy atom. The van der Waals surface area contributed by atoms with Crippen molar-refractivity contribution in [1.82, 2.24) is 25.2 Å². The molecule has 3 heterocycles. The largest absolute Gasteiger partial charge is 0.496 e. The summed E-state index contributed by atoms with van der Waals surface area (Å²) in [5, 5.41) is 16.7. The number of methoxy groups -OCH3 is 1. The standard InChI is InChI=1S/C33H33N5O4S/c1-41-30-8-3-2-5-25(30)29(19-39)37-33(40)27-7-4-6-26-28(13-14-42-32(26)27)36-16-24-15-34-20-38(24)18-22-9-11-23(12-10-22)31-17-35-21-43-31/h2-12,15,17,20-21,28-29,36,39H,13-14,16,18-19H2,1H3,(H,37,40)/t28?,29-/m1/s1. The van der Waals surface area contributed by atoms with Crippen LogP contribution in [0.2, 0.25) is 0 Å². The number of amides is 1. The van der Waals surface area contributed by atoms with E-state index in [1.54, 1.807) is 30.6 Å². The molecule has 0 saturated carbocycles. The average molecular weight is 596 g/mol. The molecule has 10 heteroatoms. The smallest absolute Gasteiger partial charge is 0.255 e. The number of ether oxygens (including phenoxy) is 2. The van der Waals surface area contributed by atoms with Crippen LogP contribution in [-0.2, 0) is 13.1 Å². The molecule has 5 aromatic rings. The highest BCUT2D eigenvalue weighted by molar-refractivity contribution is 7.13. The molecule has 1 unspecified atom stereocenters. The molecule has 0 bridgehead atoms. The maximum Gasteiger partial charge on any atom is 0.255 e. The number of aliphatic hydroxyl groups is 1. The number of aliphatic hydroxyl groups excluding tert-OH is 1. The van der Waals surface area contributed by atoms with E-state index in [1.165, 1.54) is 5.56 Å². The fourth-order valence-corrected chi connectivity index (χ4v) is 6.05. The van der Waals surface area contributed by atoms with Crippen molar-refractivity contribution in [2.24, 2.45) is 0 Å². The number of nitrogens with zero attached hydrogens (tertiary/aromatic N) is 3. The van der Waals surface area contributed by atoms with Crippen LogP contribution in [0.3, 0.4) is 0 Å². The monoisotopic (exact) mass is 595 g/mol. The Morgan fingerprint density at radius 2 is 1.98 bits per heavy atom. The Hall–Kier alpha value is -4.51. The van der Waals surface area contributed by atoms with Gasteiger partial charge in [-0.15, -0.1) is 11.3 Å². The maximum atomic E-state index is 13.4. The predicted octanol–water partition coefficient (Wildman–Crippen LogP) is 5.14. The van der Waals surface area contributed by atoms with E-state index in [-0.39, 0.29) is 18.6 Å². The molecule has 1 aliphatic rings. The molecule has 0 saturated heterocycles. The van der Waals surface area contributed by atoms with Gasteiger partial charge in [-0.25, -0.2) is 4.98 Å². The zero-order valence-corrected chi connectivity index (χ0v) is 24.6. The van der Waals surface area contributed by atoms with Crippen LogP contribution in [0.25, 0.3) is 10.4 Å². The zero-order valence-electron chi connectivity index (χ0n) is 23.8. The number of rotatable bonds is 11. The zero-order chi connectivity index (χ0) is 29.6. The van der Waals surface area contributed by atoms with Gasteiger partial charge in [0.1, 0.15) is 11.5 Å². The second kappa shape index (κ2) is 13.2. The molecule has 3 aromatic carbocycles. The lowest BCUT2D eigenvalue weighted by molar-refractivity contribution is 0.0909. The minimum atomic E-state index is -0.624. The summed E-state index contributed by atoms with van der Waals surface area (Å²) in [6.07, 6.45) is 6.40. The van der Waals surface area contributed by atoms with Crippen LogP contribution in [0.15, 0.2) is 91.0 Å². The Balaban J connectivity index is 1.13. The van der Waals surface area contributed by atoms with Crippen LogP contribution in [0.1, 0.15) is 51.2 Å². The molecule has 0 spiro atoms. The number of hydrogen-bond donors (Lipinski definition) is 3. The number of thiazole rings is 1. The van der Waals surface area contributed by atoms with Crippen molar-refractivity contribution in [3.05, 3.63) is 119 Å². The van der Waals surface area contributed by atoms with Crippen LogP contribution in [-0.4, -0.2) is 45.9 Å². The van der Waals surface area contributed by atoms with Crippen molar-refractivity contribution in [2.45, 2.75) is 31.6 Å². The second-order valence-electron chi connectivity index (χ2n) is 10.3. The molecule has 9 nitrogen and oxygen atoms in total. The lowest BCUT2D eigenvalue weighted by Gasteiger charge is -2.29. The van der Waals surface area contributed by atoms with Gasteiger partial charge in [-0.2, -0.15) is 0 Å².